The molecule has 26 heavy (non-hydrogen) atoms. The molecule has 1 aliphatic heterocycles. The van der Waals surface area contributed by atoms with Gasteiger partial charge in [0.15, 0.2) is 0 Å². The van der Waals surface area contributed by atoms with Crippen molar-refractivity contribution in [2.45, 2.75) is 39.2 Å². The Morgan fingerprint density at radius 2 is 1.88 bits per heavy atom. The Balaban J connectivity index is 1.70. The Bertz CT molecular complexity index is 708. The lowest BCUT2D eigenvalue weighted by Gasteiger charge is -2.31. The number of hydrogen-bond donors (Lipinski definition) is 1. The molecular formula is C22H29N3O. The van der Waals surface area contributed by atoms with Crippen LogP contribution in [0.4, 0.5) is 0 Å². The molecule has 0 unspecified atom stereocenters. The molecule has 1 fully saturated rings. The predicted octanol–water partition coefficient (Wildman–Crippen LogP) is 3.72. The average Bonchev–Trinajstić information content (AvgIpc) is 2.68. The van der Waals surface area contributed by atoms with Gasteiger partial charge in [-0.1, -0.05) is 31.2 Å². The van der Waals surface area contributed by atoms with E-state index in [2.05, 4.69) is 41.2 Å². The van der Waals surface area contributed by atoms with E-state index in [4.69, 9.17) is 0 Å². The minimum absolute atomic E-state index is 0.123. The van der Waals surface area contributed by atoms with Crippen LogP contribution in [-0.2, 0) is 4.79 Å². The van der Waals surface area contributed by atoms with E-state index < -0.39 is 0 Å². The molecule has 0 aliphatic carbocycles. The molecule has 138 valence electrons. The van der Waals surface area contributed by atoms with Crippen LogP contribution in [0, 0.1) is 12.8 Å². The number of nitrogens with one attached hydrogen (secondary N) is 1. The lowest BCUT2D eigenvalue weighted by Crippen LogP contribution is -2.36. The number of pyridine rings is 1. The Hall–Kier alpha value is -2.20. The van der Waals surface area contributed by atoms with Crippen LogP contribution in [0.5, 0.6) is 0 Å². The number of amides is 1. The lowest BCUT2D eigenvalue weighted by atomic mass is 9.92. The molecule has 1 N–H and O–H groups in total. The van der Waals surface area contributed by atoms with Gasteiger partial charge in [-0.25, -0.2) is 0 Å². The summed E-state index contributed by atoms with van der Waals surface area (Å²) in [4.78, 5) is 19.4. The van der Waals surface area contributed by atoms with Crippen molar-refractivity contribution in [1.29, 1.82) is 0 Å². The molecule has 0 spiro atoms. The highest BCUT2D eigenvalue weighted by atomic mass is 16.1. The van der Waals surface area contributed by atoms with E-state index in [1.54, 1.807) is 12.4 Å². The van der Waals surface area contributed by atoms with Gasteiger partial charge in [0.05, 0.1) is 6.04 Å². The van der Waals surface area contributed by atoms with Crippen LogP contribution in [0.2, 0.25) is 0 Å². The highest BCUT2D eigenvalue weighted by molar-refractivity contribution is 5.77. The van der Waals surface area contributed by atoms with E-state index in [1.165, 1.54) is 5.56 Å². The van der Waals surface area contributed by atoms with Gasteiger partial charge in [0.25, 0.3) is 0 Å². The number of nitrogens with zero attached hydrogens (tertiary/aromatic N) is 2. The van der Waals surface area contributed by atoms with Crippen molar-refractivity contribution in [3.8, 4) is 0 Å². The first-order valence-electron chi connectivity index (χ1n) is 9.64. The van der Waals surface area contributed by atoms with Gasteiger partial charge in [0.1, 0.15) is 0 Å². The molecule has 1 amide bonds. The van der Waals surface area contributed by atoms with Gasteiger partial charge in [-0.05, 0) is 74.1 Å². The smallest absolute Gasteiger partial charge is 0.221 e. The summed E-state index contributed by atoms with van der Waals surface area (Å²) >= 11 is 0. The van der Waals surface area contributed by atoms with Crippen molar-refractivity contribution in [2.24, 2.45) is 5.92 Å². The quantitative estimate of drug-likeness (QED) is 0.863. The Morgan fingerprint density at radius 3 is 2.54 bits per heavy atom. The van der Waals surface area contributed by atoms with Crippen molar-refractivity contribution in [3.05, 3.63) is 65.5 Å². The second-order valence-electron chi connectivity index (χ2n) is 7.22. The van der Waals surface area contributed by atoms with Crippen LogP contribution in [-0.4, -0.2) is 35.4 Å². The maximum absolute atomic E-state index is 12.8. The van der Waals surface area contributed by atoms with Gasteiger partial charge >= 0.3 is 0 Å². The fourth-order valence-electron chi connectivity index (χ4n) is 3.80. The maximum atomic E-state index is 12.8. The first-order valence-corrected chi connectivity index (χ1v) is 9.64. The molecule has 1 atom stereocenters. The van der Waals surface area contributed by atoms with E-state index in [-0.39, 0.29) is 11.9 Å². The van der Waals surface area contributed by atoms with Crippen LogP contribution in [0.25, 0.3) is 0 Å². The molecule has 2 aromatic rings. The Labute approximate surface area is 156 Å². The lowest BCUT2D eigenvalue weighted by molar-refractivity contribution is -0.122. The molecular weight excluding hydrogens is 322 g/mol. The zero-order valence-corrected chi connectivity index (χ0v) is 15.8. The summed E-state index contributed by atoms with van der Waals surface area (Å²) < 4.78 is 0. The molecule has 0 saturated carbocycles. The highest BCUT2D eigenvalue weighted by Gasteiger charge is 2.23. The minimum atomic E-state index is -0.123. The summed E-state index contributed by atoms with van der Waals surface area (Å²) in [6.07, 6.45) is 6.42. The van der Waals surface area contributed by atoms with Crippen molar-refractivity contribution >= 4 is 5.91 Å². The SMILES string of the molecule is CCN1CCC(CC(=O)N[C@H](c2ccncc2)c2ccccc2C)CC1. The monoisotopic (exact) mass is 351 g/mol. The zero-order valence-electron chi connectivity index (χ0n) is 15.8. The number of benzene rings is 1. The normalized spacial score (nSPS) is 17.0. The molecule has 1 aromatic carbocycles. The van der Waals surface area contributed by atoms with Crippen LogP contribution >= 0.6 is 0 Å². The van der Waals surface area contributed by atoms with E-state index >= 15 is 0 Å². The zero-order chi connectivity index (χ0) is 18.4. The Kier molecular flexibility index (Phi) is 6.40. The number of carbonyl (C=O) groups is 1. The van der Waals surface area contributed by atoms with Crippen LogP contribution in [0.1, 0.15) is 48.9 Å². The van der Waals surface area contributed by atoms with E-state index in [9.17, 15) is 4.79 Å². The summed E-state index contributed by atoms with van der Waals surface area (Å²) in [6.45, 7) is 7.63. The number of aromatic nitrogens is 1. The second kappa shape index (κ2) is 8.95. The summed E-state index contributed by atoms with van der Waals surface area (Å²) in [5.74, 6) is 0.637. The highest BCUT2D eigenvalue weighted by Crippen LogP contribution is 2.26. The fourth-order valence-corrected chi connectivity index (χ4v) is 3.80. The van der Waals surface area contributed by atoms with E-state index in [0.717, 1.165) is 43.6 Å². The van der Waals surface area contributed by atoms with Crippen LogP contribution in [0.3, 0.4) is 0 Å². The third kappa shape index (κ3) is 4.70. The van der Waals surface area contributed by atoms with Crippen LogP contribution in [0.15, 0.2) is 48.8 Å². The second-order valence-corrected chi connectivity index (χ2v) is 7.22. The van der Waals surface area contributed by atoms with Gasteiger partial charge in [0.2, 0.25) is 5.91 Å². The number of carbonyl (C=O) groups excluding carboxylic acids is 1. The van der Waals surface area contributed by atoms with E-state index in [1.807, 2.05) is 24.3 Å². The van der Waals surface area contributed by atoms with Gasteiger partial charge < -0.3 is 10.2 Å². The molecule has 4 heteroatoms. The van der Waals surface area contributed by atoms with Gasteiger partial charge in [0, 0.05) is 18.8 Å². The number of hydrogen-bond acceptors (Lipinski definition) is 3. The number of aryl methyl sites for hydroxylation is 1. The van der Waals surface area contributed by atoms with Gasteiger partial charge in [-0.2, -0.15) is 0 Å². The van der Waals surface area contributed by atoms with Crippen molar-refractivity contribution < 1.29 is 4.79 Å². The number of rotatable bonds is 6. The molecule has 4 nitrogen and oxygen atoms in total. The third-order valence-corrected chi connectivity index (χ3v) is 5.47. The summed E-state index contributed by atoms with van der Waals surface area (Å²) in [5.41, 5.74) is 3.40. The summed E-state index contributed by atoms with van der Waals surface area (Å²) in [7, 11) is 0. The molecule has 3 rings (SSSR count). The fraction of sp³-hybridized carbons (Fsp3) is 0.455. The van der Waals surface area contributed by atoms with Crippen molar-refractivity contribution in [3.63, 3.8) is 0 Å². The average molecular weight is 351 g/mol. The van der Waals surface area contributed by atoms with Gasteiger partial charge in [-0.3, -0.25) is 9.78 Å². The molecule has 1 saturated heterocycles. The number of likely N-dealkylation sites (tertiary alicyclic amines) is 1. The predicted molar refractivity (Wildman–Crippen MR) is 105 cm³/mol. The van der Waals surface area contributed by atoms with Crippen molar-refractivity contribution in [2.75, 3.05) is 19.6 Å². The summed E-state index contributed by atoms with van der Waals surface area (Å²) in [5, 5.41) is 3.28. The topological polar surface area (TPSA) is 45.2 Å². The first-order chi connectivity index (χ1) is 12.7. The first kappa shape index (κ1) is 18.6. The molecule has 1 aliphatic rings. The maximum Gasteiger partial charge on any atom is 0.221 e. The van der Waals surface area contributed by atoms with Gasteiger partial charge in [-0.15, -0.1) is 0 Å². The molecule has 1 aromatic heterocycles. The molecule has 0 bridgehead atoms. The summed E-state index contributed by atoms with van der Waals surface area (Å²) in [6, 6.07) is 12.1. The van der Waals surface area contributed by atoms with E-state index in [0.29, 0.717) is 12.3 Å². The molecule has 2 heterocycles. The largest absolute Gasteiger partial charge is 0.345 e. The minimum Gasteiger partial charge on any atom is -0.345 e. The third-order valence-electron chi connectivity index (χ3n) is 5.47. The molecule has 0 radical (unpaired) electrons. The van der Waals surface area contributed by atoms with Crippen LogP contribution < -0.4 is 5.32 Å². The Morgan fingerprint density at radius 1 is 1.19 bits per heavy atom. The van der Waals surface area contributed by atoms with Crippen molar-refractivity contribution in [1.82, 2.24) is 15.2 Å². The number of piperidine rings is 1. The standard InChI is InChI=1S/C22H29N3O/c1-3-25-14-10-18(11-15-25)16-21(26)24-22(19-8-12-23-13-9-19)20-7-5-4-6-17(20)2/h4-9,12-13,18,22H,3,10-11,14-16H2,1-2H3,(H,24,26)/t22-/m1/s1.